The highest BCUT2D eigenvalue weighted by molar-refractivity contribution is 5.86. The van der Waals surface area contributed by atoms with Gasteiger partial charge in [0.15, 0.2) is 0 Å². The van der Waals surface area contributed by atoms with Crippen LogP contribution in [0, 0.1) is 11.7 Å². The zero-order valence-electron chi connectivity index (χ0n) is 10.9. The first-order valence-electron chi connectivity index (χ1n) is 6.40. The summed E-state index contributed by atoms with van der Waals surface area (Å²) in [6.07, 6.45) is 2.46. The van der Waals surface area contributed by atoms with Crippen LogP contribution < -0.4 is 0 Å². The van der Waals surface area contributed by atoms with Crippen LogP contribution >= 0.6 is 0 Å². The van der Waals surface area contributed by atoms with Crippen LogP contribution in [0.5, 0.6) is 0 Å². The van der Waals surface area contributed by atoms with Crippen molar-refractivity contribution >= 4 is 16.9 Å². The van der Waals surface area contributed by atoms with Crippen LogP contribution in [0.1, 0.15) is 24.8 Å². The highest BCUT2D eigenvalue weighted by atomic mass is 19.1. The fraction of sp³-hybridized carbons (Fsp3) is 0.429. The molecule has 1 aromatic heterocycles. The smallest absolute Gasteiger partial charge is 0.309 e. The quantitative estimate of drug-likeness (QED) is 0.798. The Morgan fingerprint density at radius 3 is 3.11 bits per heavy atom. The number of fused-ring (bicyclic) bond motifs is 1. The second kappa shape index (κ2) is 4.33. The Morgan fingerprint density at radius 1 is 1.58 bits per heavy atom. The molecule has 0 amide bonds. The number of benzene rings is 1. The Labute approximate surface area is 110 Å². The molecule has 100 valence electrons. The molecule has 19 heavy (non-hydrogen) atoms. The van der Waals surface area contributed by atoms with Gasteiger partial charge in [-0.15, -0.1) is 0 Å². The number of hydrogen-bond acceptors (Lipinski definition) is 3. The lowest BCUT2D eigenvalue weighted by atomic mass is 10.0. The maximum Gasteiger partial charge on any atom is 0.309 e. The first-order chi connectivity index (χ1) is 9.11. The van der Waals surface area contributed by atoms with Gasteiger partial charge >= 0.3 is 5.97 Å². The Bertz CT molecular complexity index is 650. The molecule has 2 atom stereocenters. The number of aryl methyl sites for hydroxylation is 1. The van der Waals surface area contributed by atoms with Gasteiger partial charge in [-0.1, -0.05) is 0 Å². The minimum absolute atomic E-state index is 0.0769. The number of esters is 1. The Balaban J connectivity index is 1.98. The predicted octanol–water partition coefficient (Wildman–Crippen LogP) is 2.38. The number of ether oxygens (including phenoxy) is 1. The lowest BCUT2D eigenvalue weighted by Gasteiger charge is -2.04. The number of aromatic nitrogens is 2. The normalized spacial score (nSPS) is 21.6. The summed E-state index contributed by atoms with van der Waals surface area (Å²) in [6, 6.07) is 3.08. The third-order valence-corrected chi connectivity index (χ3v) is 3.54. The molecule has 1 fully saturated rings. The van der Waals surface area contributed by atoms with Gasteiger partial charge < -0.3 is 4.74 Å². The van der Waals surface area contributed by atoms with Crippen molar-refractivity contribution in [1.82, 2.24) is 9.78 Å². The van der Waals surface area contributed by atoms with E-state index in [9.17, 15) is 9.18 Å². The minimum atomic E-state index is -0.266. The van der Waals surface area contributed by atoms with Crippen molar-refractivity contribution in [3.8, 4) is 0 Å². The Hall–Kier alpha value is -1.91. The number of nitrogens with zero attached hydrogens (tertiary/aromatic N) is 2. The maximum absolute atomic E-state index is 14.1. The fourth-order valence-corrected chi connectivity index (χ4v) is 2.61. The van der Waals surface area contributed by atoms with Gasteiger partial charge in [0, 0.05) is 30.1 Å². The first kappa shape index (κ1) is 12.1. The molecule has 0 aliphatic heterocycles. The average molecular weight is 262 g/mol. The van der Waals surface area contributed by atoms with Crippen LogP contribution in [0.3, 0.4) is 0 Å². The van der Waals surface area contributed by atoms with Crippen LogP contribution in [0.4, 0.5) is 4.39 Å². The number of carbonyl (C=O) groups is 1. The topological polar surface area (TPSA) is 44.1 Å². The lowest BCUT2D eigenvalue weighted by molar-refractivity contribution is -0.144. The largest absolute Gasteiger partial charge is 0.466 e. The monoisotopic (exact) mass is 262 g/mol. The van der Waals surface area contributed by atoms with E-state index >= 15 is 0 Å². The summed E-state index contributed by atoms with van der Waals surface area (Å²) >= 11 is 0. The number of halogens is 1. The van der Waals surface area contributed by atoms with Crippen molar-refractivity contribution in [3.63, 3.8) is 0 Å². The molecule has 3 rings (SSSR count). The zero-order valence-corrected chi connectivity index (χ0v) is 10.9. The van der Waals surface area contributed by atoms with Gasteiger partial charge in [-0.2, -0.15) is 5.10 Å². The van der Waals surface area contributed by atoms with E-state index in [-0.39, 0.29) is 23.6 Å². The molecule has 0 radical (unpaired) electrons. The van der Waals surface area contributed by atoms with Crippen molar-refractivity contribution in [2.24, 2.45) is 13.0 Å². The van der Waals surface area contributed by atoms with Gasteiger partial charge in [-0.25, -0.2) is 4.39 Å². The molecule has 1 aromatic carbocycles. The van der Waals surface area contributed by atoms with Crippen LogP contribution in [0.25, 0.3) is 10.9 Å². The van der Waals surface area contributed by atoms with Gasteiger partial charge in [-0.3, -0.25) is 9.48 Å². The molecule has 0 saturated heterocycles. The van der Waals surface area contributed by atoms with E-state index in [0.29, 0.717) is 18.6 Å². The van der Waals surface area contributed by atoms with Crippen molar-refractivity contribution in [2.45, 2.75) is 19.3 Å². The number of hydrogen-bond donors (Lipinski definition) is 0. The maximum atomic E-state index is 14.1. The molecule has 0 bridgehead atoms. The molecule has 5 heteroatoms. The second-order valence-electron chi connectivity index (χ2n) is 4.90. The average Bonchev–Trinajstić information content (AvgIpc) is 3.05. The third-order valence-electron chi connectivity index (χ3n) is 3.54. The third kappa shape index (κ3) is 1.99. The van der Waals surface area contributed by atoms with Gasteiger partial charge in [0.05, 0.1) is 18.0 Å². The van der Waals surface area contributed by atoms with Gasteiger partial charge in [-0.05, 0) is 25.5 Å². The minimum Gasteiger partial charge on any atom is -0.466 e. The van der Waals surface area contributed by atoms with E-state index in [1.165, 1.54) is 6.07 Å². The molecular weight excluding hydrogens is 247 g/mol. The standard InChI is InChI=1S/C14H15FN2O2/c1-3-19-14(18)9-6-8(9)13-10-7-17(2)16-12(10)5-4-11(13)15/h4-5,7-9H,3,6H2,1-2H3/t8-,9-/m1/s1. The van der Waals surface area contributed by atoms with E-state index in [2.05, 4.69) is 5.10 Å². The molecule has 0 spiro atoms. The van der Waals surface area contributed by atoms with Crippen LogP contribution in [0.15, 0.2) is 18.3 Å². The molecular formula is C14H15FN2O2. The van der Waals surface area contributed by atoms with E-state index in [1.54, 1.807) is 30.9 Å². The lowest BCUT2D eigenvalue weighted by Crippen LogP contribution is -2.07. The molecule has 2 aromatic rings. The van der Waals surface area contributed by atoms with Crippen molar-refractivity contribution in [1.29, 1.82) is 0 Å². The van der Waals surface area contributed by atoms with Crippen LogP contribution in [-0.2, 0) is 16.6 Å². The summed E-state index contributed by atoms with van der Waals surface area (Å²) in [7, 11) is 1.80. The molecule has 0 N–H and O–H groups in total. The molecule has 1 aliphatic carbocycles. The Morgan fingerprint density at radius 2 is 2.37 bits per heavy atom. The van der Waals surface area contributed by atoms with Gasteiger partial charge in [0.25, 0.3) is 0 Å². The van der Waals surface area contributed by atoms with Crippen LogP contribution in [0.2, 0.25) is 0 Å². The van der Waals surface area contributed by atoms with Crippen molar-refractivity contribution in [3.05, 3.63) is 29.7 Å². The highest BCUT2D eigenvalue weighted by Crippen LogP contribution is 2.50. The summed E-state index contributed by atoms with van der Waals surface area (Å²) in [5.74, 6) is -0.780. The van der Waals surface area contributed by atoms with E-state index < -0.39 is 0 Å². The van der Waals surface area contributed by atoms with Gasteiger partial charge in [0.1, 0.15) is 5.82 Å². The molecule has 1 aliphatic rings. The number of rotatable bonds is 3. The zero-order chi connectivity index (χ0) is 13.6. The second-order valence-corrected chi connectivity index (χ2v) is 4.90. The van der Waals surface area contributed by atoms with Crippen LogP contribution in [-0.4, -0.2) is 22.4 Å². The molecule has 1 heterocycles. The summed E-state index contributed by atoms with van der Waals surface area (Å²) in [4.78, 5) is 11.7. The van der Waals surface area contributed by atoms with Crippen molar-refractivity contribution in [2.75, 3.05) is 6.61 Å². The summed E-state index contributed by atoms with van der Waals surface area (Å²) < 4.78 is 20.7. The summed E-state index contributed by atoms with van der Waals surface area (Å²) in [6.45, 7) is 2.14. The SMILES string of the molecule is CCOC(=O)[C@@H]1C[C@H]1c1c(F)ccc2nn(C)cc12. The summed E-state index contributed by atoms with van der Waals surface area (Å²) in [5.41, 5.74) is 1.36. The van der Waals surface area contributed by atoms with Gasteiger partial charge in [0.2, 0.25) is 0 Å². The van der Waals surface area contributed by atoms with E-state index in [4.69, 9.17) is 4.74 Å². The number of carbonyl (C=O) groups excluding carboxylic acids is 1. The van der Waals surface area contributed by atoms with Crippen molar-refractivity contribution < 1.29 is 13.9 Å². The highest BCUT2D eigenvalue weighted by Gasteiger charge is 2.47. The molecule has 1 saturated carbocycles. The van der Waals surface area contributed by atoms with E-state index in [1.807, 2.05) is 0 Å². The Kier molecular flexibility index (Phi) is 2.77. The summed E-state index contributed by atoms with van der Waals surface area (Å²) in [5, 5.41) is 5.06. The predicted molar refractivity (Wildman–Crippen MR) is 68.2 cm³/mol. The van der Waals surface area contributed by atoms with E-state index in [0.717, 1.165) is 10.9 Å². The molecule has 0 unspecified atom stereocenters. The molecule has 4 nitrogen and oxygen atoms in total. The fourth-order valence-electron chi connectivity index (χ4n) is 2.61. The first-order valence-corrected chi connectivity index (χ1v) is 6.40.